The molecule has 1 amide bonds. The van der Waals surface area contributed by atoms with Crippen molar-refractivity contribution in [1.82, 2.24) is 9.88 Å². The zero-order chi connectivity index (χ0) is 14.7. The Balaban J connectivity index is 2.12. The van der Waals surface area contributed by atoms with E-state index in [0.29, 0.717) is 29.8 Å². The zero-order valence-corrected chi connectivity index (χ0v) is 12.3. The minimum absolute atomic E-state index is 0.172. The van der Waals surface area contributed by atoms with Gasteiger partial charge in [0.25, 0.3) is 5.91 Å². The summed E-state index contributed by atoms with van der Waals surface area (Å²) in [6, 6.07) is 1.26. The lowest BCUT2D eigenvalue weighted by Gasteiger charge is -2.19. The van der Waals surface area contributed by atoms with Gasteiger partial charge in [0.2, 0.25) is 0 Å². The van der Waals surface area contributed by atoms with Crippen LogP contribution < -0.4 is 5.32 Å². The first-order valence-corrected chi connectivity index (χ1v) is 7.17. The maximum absolute atomic E-state index is 13.4. The van der Waals surface area contributed by atoms with Gasteiger partial charge in [-0.1, -0.05) is 13.8 Å². The summed E-state index contributed by atoms with van der Waals surface area (Å²) in [7, 11) is 1.77. The molecule has 1 heterocycles. The van der Waals surface area contributed by atoms with Crippen LogP contribution in [0.5, 0.6) is 0 Å². The molecule has 2 atom stereocenters. The van der Waals surface area contributed by atoms with E-state index in [2.05, 4.69) is 17.2 Å². The highest BCUT2D eigenvalue weighted by Crippen LogP contribution is 2.38. The molecular weight excluding hydrogens is 257 g/mol. The molecule has 0 aromatic carbocycles. The third-order valence-electron chi connectivity index (χ3n) is 3.76. The van der Waals surface area contributed by atoms with Gasteiger partial charge < -0.3 is 10.2 Å². The molecule has 5 heteroatoms. The van der Waals surface area contributed by atoms with Crippen molar-refractivity contribution in [1.29, 1.82) is 0 Å². The number of amides is 1. The van der Waals surface area contributed by atoms with Crippen molar-refractivity contribution >= 4 is 11.7 Å². The van der Waals surface area contributed by atoms with Gasteiger partial charge in [0.1, 0.15) is 11.6 Å². The van der Waals surface area contributed by atoms with Gasteiger partial charge in [0, 0.05) is 20.1 Å². The standard InChI is InChI=1S/C15H22FN3O/c1-4-5-17-14-13(7-12(16)8-18-14)15(20)19(3)9-11-6-10(11)2/h7-8,10-11H,4-6,9H2,1-3H3,(H,17,18). The molecule has 1 fully saturated rings. The van der Waals surface area contributed by atoms with Gasteiger partial charge in [-0.05, 0) is 30.7 Å². The predicted molar refractivity (Wildman–Crippen MR) is 77.2 cm³/mol. The molecule has 0 spiro atoms. The van der Waals surface area contributed by atoms with E-state index in [1.807, 2.05) is 6.92 Å². The summed E-state index contributed by atoms with van der Waals surface area (Å²) in [6.07, 6.45) is 3.22. The normalized spacial score (nSPS) is 20.6. The fourth-order valence-corrected chi connectivity index (χ4v) is 2.28. The Bertz CT molecular complexity index is 492. The van der Waals surface area contributed by atoms with Crippen LogP contribution >= 0.6 is 0 Å². The molecule has 110 valence electrons. The quantitative estimate of drug-likeness (QED) is 0.871. The molecule has 1 aromatic heterocycles. The van der Waals surface area contributed by atoms with Crippen molar-refractivity contribution in [3.8, 4) is 0 Å². The van der Waals surface area contributed by atoms with Crippen LogP contribution in [0.25, 0.3) is 0 Å². The Morgan fingerprint density at radius 1 is 1.60 bits per heavy atom. The van der Waals surface area contributed by atoms with E-state index >= 15 is 0 Å². The van der Waals surface area contributed by atoms with Gasteiger partial charge >= 0.3 is 0 Å². The van der Waals surface area contributed by atoms with Crippen LogP contribution in [0.2, 0.25) is 0 Å². The molecule has 0 aliphatic heterocycles. The number of aromatic nitrogens is 1. The minimum atomic E-state index is -0.483. The fourth-order valence-electron chi connectivity index (χ4n) is 2.28. The van der Waals surface area contributed by atoms with Crippen molar-refractivity contribution in [3.63, 3.8) is 0 Å². The summed E-state index contributed by atoms with van der Waals surface area (Å²) in [4.78, 5) is 18.1. The van der Waals surface area contributed by atoms with E-state index in [1.165, 1.54) is 12.5 Å². The third kappa shape index (κ3) is 3.46. The summed E-state index contributed by atoms with van der Waals surface area (Å²) >= 11 is 0. The van der Waals surface area contributed by atoms with Crippen LogP contribution in [0.3, 0.4) is 0 Å². The average Bonchev–Trinajstić information content (AvgIpc) is 3.11. The molecule has 1 saturated carbocycles. The maximum atomic E-state index is 13.4. The number of hydrogen-bond acceptors (Lipinski definition) is 3. The highest BCUT2D eigenvalue weighted by Gasteiger charge is 2.34. The number of pyridine rings is 1. The molecule has 20 heavy (non-hydrogen) atoms. The molecule has 4 nitrogen and oxygen atoms in total. The summed E-state index contributed by atoms with van der Waals surface area (Å²) < 4.78 is 13.4. The fraction of sp³-hybridized carbons (Fsp3) is 0.600. The van der Waals surface area contributed by atoms with E-state index in [9.17, 15) is 9.18 Å². The second-order valence-corrected chi connectivity index (χ2v) is 5.64. The van der Waals surface area contributed by atoms with Crippen LogP contribution in [-0.4, -0.2) is 35.9 Å². The average molecular weight is 279 g/mol. The van der Waals surface area contributed by atoms with E-state index in [0.717, 1.165) is 19.2 Å². The monoisotopic (exact) mass is 279 g/mol. The Labute approximate surface area is 119 Å². The highest BCUT2D eigenvalue weighted by atomic mass is 19.1. The molecule has 0 bridgehead atoms. The number of nitrogens with zero attached hydrogens (tertiary/aromatic N) is 2. The lowest BCUT2D eigenvalue weighted by molar-refractivity contribution is 0.0787. The highest BCUT2D eigenvalue weighted by molar-refractivity contribution is 5.98. The van der Waals surface area contributed by atoms with E-state index < -0.39 is 5.82 Å². The zero-order valence-electron chi connectivity index (χ0n) is 12.3. The lowest BCUT2D eigenvalue weighted by Crippen LogP contribution is -2.30. The molecule has 2 rings (SSSR count). The van der Waals surface area contributed by atoms with Crippen molar-refractivity contribution in [2.75, 3.05) is 25.5 Å². The number of hydrogen-bond donors (Lipinski definition) is 1. The van der Waals surface area contributed by atoms with Gasteiger partial charge in [0.05, 0.1) is 11.8 Å². The van der Waals surface area contributed by atoms with Gasteiger partial charge in [-0.2, -0.15) is 0 Å². The summed E-state index contributed by atoms with van der Waals surface area (Å²) in [6.45, 7) is 5.64. The second kappa shape index (κ2) is 6.20. The van der Waals surface area contributed by atoms with Gasteiger partial charge in [-0.15, -0.1) is 0 Å². The first-order valence-electron chi connectivity index (χ1n) is 7.17. The number of carbonyl (C=O) groups excluding carboxylic acids is 1. The van der Waals surface area contributed by atoms with Crippen LogP contribution in [0.15, 0.2) is 12.3 Å². The van der Waals surface area contributed by atoms with Crippen LogP contribution in [0, 0.1) is 17.7 Å². The molecule has 1 aliphatic rings. The summed E-state index contributed by atoms with van der Waals surface area (Å²) in [5, 5.41) is 3.08. The Morgan fingerprint density at radius 3 is 2.90 bits per heavy atom. The number of anilines is 1. The number of nitrogens with one attached hydrogen (secondary N) is 1. The molecule has 2 unspecified atom stereocenters. The van der Waals surface area contributed by atoms with Gasteiger partial charge in [0.15, 0.2) is 0 Å². The smallest absolute Gasteiger partial charge is 0.257 e. The maximum Gasteiger partial charge on any atom is 0.257 e. The first-order chi connectivity index (χ1) is 9.52. The van der Waals surface area contributed by atoms with Gasteiger partial charge in [-0.3, -0.25) is 4.79 Å². The van der Waals surface area contributed by atoms with Crippen LogP contribution in [-0.2, 0) is 0 Å². The molecule has 0 radical (unpaired) electrons. The largest absolute Gasteiger partial charge is 0.369 e. The first kappa shape index (κ1) is 14.8. The topological polar surface area (TPSA) is 45.2 Å². The molecule has 1 aromatic rings. The van der Waals surface area contributed by atoms with Crippen molar-refractivity contribution in [2.24, 2.45) is 11.8 Å². The third-order valence-corrected chi connectivity index (χ3v) is 3.76. The number of rotatable bonds is 6. The SMILES string of the molecule is CCCNc1ncc(F)cc1C(=O)N(C)CC1CC1C. The number of carbonyl (C=O) groups is 1. The van der Waals surface area contributed by atoms with Crippen molar-refractivity contribution in [3.05, 3.63) is 23.6 Å². The number of halogens is 1. The van der Waals surface area contributed by atoms with E-state index in [4.69, 9.17) is 0 Å². The molecular formula is C15H22FN3O. The molecule has 0 saturated heterocycles. The van der Waals surface area contributed by atoms with Crippen LogP contribution in [0.4, 0.5) is 10.2 Å². The summed E-state index contributed by atoms with van der Waals surface area (Å²) in [5.41, 5.74) is 0.314. The lowest BCUT2D eigenvalue weighted by atomic mass is 10.2. The Morgan fingerprint density at radius 2 is 2.30 bits per heavy atom. The van der Waals surface area contributed by atoms with Gasteiger partial charge in [-0.25, -0.2) is 9.37 Å². The Hall–Kier alpha value is -1.65. The molecule has 1 N–H and O–H groups in total. The molecule has 1 aliphatic carbocycles. The minimum Gasteiger partial charge on any atom is -0.369 e. The predicted octanol–water partition coefficient (Wildman–Crippen LogP) is 2.77. The van der Waals surface area contributed by atoms with Crippen molar-refractivity contribution in [2.45, 2.75) is 26.7 Å². The second-order valence-electron chi connectivity index (χ2n) is 5.64. The summed E-state index contributed by atoms with van der Waals surface area (Å²) in [5.74, 6) is 1.08. The van der Waals surface area contributed by atoms with E-state index in [1.54, 1.807) is 11.9 Å². The van der Waals surface area contributed by atoms with Crippen LogP contribution in [0.1, 0.15) is 37.0 Å². The Kier molecular flexibility index (Phi) is 4.57. The van der Waals surface area contributed by atoms with E-state index in [-0.39, 0.29) is 5.91 Å². The van der Waals surface area contributed by atoms with Crippen molar-refractivity contribution < 1.29 is 9.18 Å².